The maximum atomic E-state index is 11.5. The maximum absolute atomic E-state index is 11.5. The van der Waals surface area contributed by atoms with Crippen LogP contribution >= 0.6 is 11.8 Å². The van der Waals surface area contributed by atoms with Gasteiger partial charge in [0.05, 0.1) is 0 Å². The predicted molar refractivity (Wildman–Crippen MR) is 57.5 cm³/mol. The molecule has 0 rings (SSSR count). The van der Waals surface area contributed by atoms with Gasteiger partial charge in [0.15, 0.2) is 0 Å². The van der Waals surface area contributed by atoms with E-state index in [1.165, 1.54) is 25.8 Å². The Balaban J connectivity index is 4.37. The first-order chi connectivity index (χ1) is 6.34. The van der Waals surface area contributed by atoms with Crippen molar-refractivity contribution in [2.24, 2.45) is 0 Å². The molecule has 0 radical (unpaired) electrons. The molecular formula is C9H17NO3S. The van der Waals surface area contributed by atoms with Crippen LogP contribution in [0.4, 0.5) is 0 Å². The van der Waals surface area contributed by atoms with Gasteiger partial charge in [-0.05, 0) is 20.1 Å². The summed E-state index contributed by atoms with van der Waals surface area (Å²) >= 11 is 1.57. The smallest absolute Gasteiger partial charge is 0.329 e. The number of rotatable bonds is 5. The second-order valence-corrected chi connectivity index (χ2v) is 4.55. The Kier molecular flexibility index (Phi) is 4.97. The summed E-state index contributed by atoms with van der Waals surface area (Å²) in [5.41, 5.74) is -1.13. The maximum Gasteiger partial charge on any atom is 0.329 e. The number of carbonyl (C=O) groups excluding carboxylic acids is 1. The van der Waals surface area contributed by atoms with Gasteiger partial charge in [0, 0.05) is 19.2 Å². The van der Waals surface area contributed by atoms with Crippen LogP contribution in [0.3, 0.4) is 0 Å². The topological polar surface area (TPSA) is 57.6 Å². The van der Waals surface area contributed by atoms with Crippen molar-refractivity contribution in [1.29, 1.82) is 0 Å². The molecule has 0 saturated carbocycles. The molecule has 5 heteroatoms. The molecule has 0 unspecified atom stereocenters. The molecule has 1 N–H and O–H groups in total. The lowest BCUT2D eigenvalue weighted by Crippen LogP contribution is -2.50. The van der Waals surface area contributed by atoms with Crippen LogP contribution in [0, 0.1) is 0 Å². The molecule has 0 aliphatic heterocycles. The van der Waals surface area contributed by atoms with E-state index >= 15 is 0 Å². The van der Waals surface area contributed by atoms with E-state index in [-0.39, 0.29) is 5.91 Å². The lowest BCUT2D eigenvalue weighted by molar-refractivity contribution is -0.155. The number of hydrogen-bond donors (Lipinski definition) is 1. The van der Waals surface area contributed by atoms with Crippen molar-refractivity contribution >= 4 is 23.6 Å². The molecule has 0 aromatic rings. The number of amides is 1. The predicted octanol–water partition coefficient (Wildman–Crippen LogP) is 1.06. The molecule has 0 heterocycles. The highest BCUT2D eigenvalue weighted by Crippen LogP contribution is 2.14. The van der Waals surface area contributed by atoms with Gasteiger partial charge >= 0.3 is 5.97 Å². The van der Waals surface area contributed by atoms with Crippen LogP contribution in [-0.4, -0.2) is 46.5 Å². The van der Waals surface area contributed by atoms with Gasteiger partial charge in [-0.3, -0.25) is 4.79 Å². The Morgan fingerprint density at radius 1 is 1.43 bits per heavy atom. The van der Waals surface area contributed by atoms with Gasteiger partial charge in [-0.2, -0.15) is 11.8 Å². The fourth-order valence-electron chi connectivity index (χ4n) is 0.812. The van der Waals surface area contributed by atoms with E-state index in [0.717, 1.165) is 5.75 Å². The van der Waals surface area contributed by atoms with E-state index < -0.39 is 11.5 Å². The zero-order valence-electron chi connectivity index (χ0n) is 9.03. The molecular weight excluding hydrogens is 202 g/mol. The summed E-state index contributed by atoms with van der Waals surface area (Å²) in [7, 11) is 1.52. The minimum Gasteiger partial charge on any atom is -0.480 e. The SMILES string of the molecule is CSCCC(=O)N(C)C(C)(C)C(=O)O. The summed E-state index contributed by atoms with van der Waals surface area (Å²) in [6.45, 7) is 3.04. The average molecular weight is 219 g/mol. The van der Waals surface area contributed by atoms with E-state index in [1.807, 2.05) is 6.26 Å². The number of carboxylic acid groups (broad SMARTS) is 1. The molecule has 0 bridgehead atoms. The number of carbonyl (C=O) groups is 2. The fourth-order valence-corrected chi connectivity index (χ4v) is 1.19. The lowest BCUT2D eigenvalue weighted by atomic mass is 10.0. The van der Waals surface area contributed by atoms with E-state index in [1.54, 1.807) is 11.8 Å². The number of carboxylic acids is 1. The third-order valence-corrected chi connectivity index (χ3v) is 2.87. The first-order valence-electron chi connectivity index (χ1n) is 4.33. The molecule has 0 aliphatic carbocycles. The summed E-state index contributed by atoms with van der Waals surface area (Å²) < 4.78 is 0. The van der Waals surface area contributed by atoms with Gasteiger partial charge in [-0.25, -0.2) is 4.79 Å². The summed E-state index contributed by atoms with van der Waals surface area (Å²) in [6, 6.07) is 0. The Bertz CT molecular complexity index is 228. The third kappa shape index (κ3) is 3.21. The van der Waals surface area contributed by atoms with Crippen molar-refractivity contribution in [3.8, 4) is 0 Å². The van der Waals surface area contributed by atoms with Gasteiger partial charge in [-0.15, -0.1) is 0 Å². The quantitative estimate of drug-likeness (QED) is 0.751. The highest BCUT2D eigenvalue weighted by Gasteiger charge is 2.34. The number of hydrogen-bond acceptors (Lipinski definition) is 3. The van der Waals surface area contributed by atoms with E-state index in [0.29, 0.717) is 6.42 Å². The molecule has 0 saturated heterocycles. The Labute approximate surface area is 88.7 Å². The molecule has 4 nitrogen and oxygen atoms in total. The number of nitrogens with zero attached hydrogens (tertiary/aromatic N) is 1. The van der Waals surface area contributed by atoms with Crippen molar-refractivity contribution in [3.05, 3.63) is 0 Å². The summed E-state index contributed by atoms with van der Waals surface area (Å²) in [5, 5.41) is 8.89. The number of thioether (sulfide) groups is 1. The Morgan fingerprint density at radius 3 is 2.29 bits per heavy atom. The monoisotopic (exact) mass is 219 g/mol. The van der Waals surface area contributed by atoms with E-state index in [9.17, 15) is 9.59 Å². The molecule has 14 heavy (non-hydrogen) atoms. The van der Waals surface area contributed by atoms with Gasteiger partial charge in [0.25, 0.3) is 0 Å². The Hall–Kier alpha value is -0.710. The number of likely N-dealkylation sites (N-methyl/N-ethyl adjacent to an activating group) is 1. The van der Waals surface area contributed by atoms with Crippen LogP contribution in [-0.2, 0) is 9.59 Å². The first-order valence-corrected chi connectivity index (χ1v) is 5.72. The molecule has 0 spiro atoms. The normalized spacial score (nSPS) is 11.1. The zero-order valence-corrected chi connectivity index (χ0v) is 9.85. The van der Waals surface area contributed by atoms with E-state index in [2.05, 4.69) is 0 Å². The van der Waals surface area contributed by atoms with Gasteiger partial charge in [0.2, 0.25) is 5.91 Å². The van der Waals surface area contributed by atoms with Gasteiger partial charge < -0.3 is 10.0 Å². The summed E-state index contributed by atoms with van der Waals surface area (Å²) in [6.07, 6.45) is 2.30. The Morgan fingerprint density at radius 2 is 1.93 bits per heavy atom. The lowest BCUT2D eigenvalue weighted by Gasteiger charge is -2.31. The van der Waals surface area contributed by atoms with E-state index in [4.69, 9.17) is 5.11 Å². The molecule has 0 fully saturated rings. The van der Waals surface area contributed by atoms with Gasteiger partial charge in [-0.1, -0.05) is 0 Å². The summed E-state index contributed by atoms with van der Waals surface area (Å²) in [4.78, 5) is 23.6. The minimum atomic E-state index is -1.13. The van der Waals surface area contributed by atoms with Crippen molar-refractivity contribution in [1.82, 2.24) is 4.90 Å². The second-order valence-electron chi connectivity index (χ2n) is 3.56. The molecule has 0 aromatic heterocycles. The van der Waals surface area contributed by atoms with Crippen molar-refractivity contribution < 1.29 is 14.7 Å². The molecule has 0 aliphatic rings. The van der Waals surface area contributed by atoms with Crippen LogP contribution in [0.2, 0.25) is 0 Å². The average Bonchev–Trinajstić information content (AvgIpc) is 2.12. The van der Waals surface area contributed by atoms with Crippen LogP contribution in [0.25, 0.3) is 0 Å². The molecule has 82 valence electrons. The largest absolute Gasteiger partial charge is 0.480 e. The van der Waals surface area contributed by atoms with Crippen LogP contribution in [0.15, 0.2) is 0 Å². The van der Waals surface area contributed by atoms with Crippen LogP contribution in [0.1, 0.15) is 20.3 Å². The summed E-state index contributed by atoms with van der Waals surface area (Å²) in [5.74, 6) is -0.400. The zero-order chi connectivity index (χ0) is 11.4. The molecule has 0 aromatic carbocycles. The first kappa shape index (κ1) is 13.3. The van der Waals surface area contributed by atoms with Crippen LogP contribution in [0.5, 0.6) is 0 Å². The minimum absolute atomic E-state index is 0.133. The number of aliphatic carboxylic acids is 1. The van der Waals surface area contributed by atoms with Gasteiger partial charge in [0.1, 0.15) is 5.54 Å². The third-order valence-electron chi connectivity index (χ3n) is 2.26. The van der Waals surface area contributed by atoms with Crippen LogP contribution < -0.4 is 0 Å². The van der Waals surface area contributed by atoms with Crippen molar-refractivity contribution in [2.45, 2.75) is 25.8 Å². The second kappa shape index (κ2) is 5.24. The van der Waals surface area contributed by atoms with Crippen molar-refractivity contribution in [3.63, 3.8) is 0 Å². The standard InChI is InChI=1S/C9H17NO3S/c1-9(2,8(12)13)10(3)7(11)5-6-14-4/h5-6H2,1-4H3,(H,12,13). The highest BCUT2D eigenvalue weighted by molar-refractivity contribution is 7.98. The fraction of sp³-hybridized carbons (Fsp3) is 0.778. The van der Waals surface area contributed by atoms with Crippen molar-refractivity contribution in [2.75, 3.05) is 19.1 Å². The molecule has 1 amide bonds. The highest BCUT2D eigenvalue weighted by atomic mass is 32.2. The molecule has 0 atom stereocenters.